The van der Waals surface area contributed by atoms with Crippen LogP contribution in [0.4, 0.5) is 4.39 Å². The molecule has 1 aromatic rings. The van der Waals surface area contributed by atoms with Crippen LogP contribution in [0.1, 0.15) is 30.6 Å². The molecule has 2 atom stereocenters. The van der Waals surface area contributed by atoms with Gasteiger partial charge in [0.2, 0.25) is 5.91 Å². The maximum atomic E-state index is 12.7. The van der Waals surface area contributed by atoms with E-state index in [9.17, 15) is 14.0 Å². The number of halogens is 1. The fourth-order valence-electron chi connectivity index (χ4n) is 1.60. The minimum atomic E-state index is -0.377. The number of benzene rings is 1. The minimum Gasteiger partial charge on any atom is -0.356 e. The first-order valence-electron chi connectivity index (χ1n) is 6.99. The van der Waals surface area contributed by atoms with Crippen molar-refractivity contribution in [3.05, 3.63) is 35.6 Å². The van der Waals surface area contributed by atoms with Gasteiger partial charge in [0.25, 0.3) is 5.91 Å². The predicted molar refractivity (Wildman–Crippen MR) is 79.2 cm³/mol. The number of amides is 2. The average Bonchev–Trinajstić information content (AvgIpc) is 2.46. The molecule has 5 nitrogen and oxygen atoms in total. The lowest BCUT2D eigenvalue weighted by atomic mass is 10.0. The van der Waals surface area contributed by atoms with E-state index in [1.807, 2.05) is 0 Å². The number of carbonyl (C=O) groups excluding carboxylic acids is 2. The van der Waals surface area contributed by atoms with Crippen molar-refractivity contribution in [3.63, 3.8) is 0 Å². The first-order valence-corrected chi connectivity index (χ1v) is 6.99. The molecule has 1 rings (SSSR count). The quantitative estimate of drug-likeness (QED) is 0.657. The van der Waals surface area contributed by atoms with Crippen LogP contribution in [0.3, 0.4) is 0 Å². The maximum Gasteiger partial charge on any atom is 0.251 e. The summed E-state index contributed by atoms with van der Waals surface area (Å²) in [5.74, 6) is -0.962. The monoisotopic (exact) mass is 295 g/mol. The summed E-state index contributed by atoms with van der Waals surface area (Å²) < 4.78 is 12.7. The fraction of sp³-hybridized carbons (Fsp3) is 0.467. The second-order valence-corrected chi connectivity index (χ2v) is 5.06. The molecule has 0 fully saturated rings. The third-order valence-corrected chi connectivity index (χ3v) is 3.25. The summed E-state index contributed by atoms with van der Waals surface area (Å²) in [6, 6.07) is 5.14. The molecule has 6 heteroatoms. The zero-order valence-corrected chi connectivity index (χ0v) is 12.4. The molecule has 0 aliphatic carbocycles. The second-order valence-electron chi connectivity index (χ2n) is 5.06. The molecule has 2 amide bonds. The van der Waals surface area contributed by atoms with Crippen molar-refractivity contribution < 1.29 is 14.0 Å². The number of rotatable bonds is 7. The molecule has 0 radical (unpaired) electrons. The molecule has 4 N–H and O–H groups in total. The van der Waals surface area contributed by atoms with Gasteiger partial charge in [-0.2, -0.15) is 0 Å². The van der Waals surface area contributed by atoms with E-state index in [0.29, 0.717) is 25.1 Å². The molecule has 0 saturated carbocycles. The van der Waals surface area contributed by atoms with Crippen LogP contribution in [-0.4, -0.2) is 30.9 Å². The van der Waals surface area contributed by atoms with Gasteiger partial charge < -0.3 is 16.4 Å². The second kappa shape index (κ2) is 8.36. The third kappa shape index (κ3) is 5.91. The van der Waals surface area contributed by atoms with Crippen LogP contribution in [0.2, 0.25) is 0 Å². The molecule has 1 aromatic carbocycles. The van der Waals surface area contributed by atoms with E-state index in [-0.39, 0.29) is 29.6 Å². The lowest BCUT2D eigenvalue weighted by Gasteiger charge is -2.15. The molecule has 21 heavy (non-hydrogen) atoms. The van der Waals surface area contributed by atoms with Crippen LogP contribution in [-0.2, 0) is 4.79 Å². The Hall–Kier alpha value is -1.95. The van der Waals surface area contributed by atoms with E-state index in [2.05, 4.69) is 10.6 Å². The third-order valence-electron chi connectivity index (χ3n) is 3.25. The highest BCUT2D eigenvalue weighted by atomic mass is 19.1. The Kier molecular flexibility index (Phi) is 6.81. The van der Waals surface area contributed by atoms with Crippen molar-refractivity contribution in [2.75, 3.05) is 13.1 Å². The number of carbonyl (C=O) groups is 2. The van der Waals surface area contributed by atoms with Crippen molar-refractivity contribution in [1.29, 1.82) is 0 Å². The van der Waals surface area contributed by atoms with Gasteiger partial charge in [0, 0.05) is 30.6 Å². The van der Waals surface area contributed by atoms with Crippen molar-refractivity contribution in [3.8, 4) is 0 Å². The van der Waals surface area contributed by atoms with Gasteiger partial charge in [0.15, 0.2) is 0 Å². The molecule has 116 valence electrons. The van der Waals surface area contributed by atoms with Gasteiger partial charge >= 0.3 is 0 Å². The van der Waals surface area contributed by atoms with E-state index < -0.39 is 0 Å². The topological polar surface area (TPSA) is 84.2 Å². The summed E-state index contributed by atoms with van der Waals surface area (Å²) in [5, 5.41) is 5.47. The van der Waals surface area contributed by atoms with E-state index in [1.165, 1.54) is 24.3 Å². The number of hydrogen-bond acceptors (Lipinski definition) is 3. The van der Waals surface area contributed by atoms with Crippen molar-refractivity contribution in [2.45, 2.75) is 26.3 Å². The van der Waals surface area contributed by atoms with Gasteiger partial charge in [-0.25, -0.2) is 4.39 Å². The van der Waals surface area contributed by atoms with Gasteiger partial charge in [-0.3, -0.25) is 9.59 Å². The summed E-state index contributed by atoms with van der Waals surface area (Å²) in [7, 11) is 0. The maximum absolute atomic E-state index is 12.7. The van der Waals surface area contributed by atoms with E-state index in [1.54, 1.807) is 13.8 Å². The molecule has 0 aliphatic rings. The summed E-state index contributed by atoms with van der Waals surface area (Å²) in [6.45, 7) is 4.46. The molecular formula is C15H22FN3O2. The number of nitrogens with two attached hydrogens (primary N) is 1. The molecule has 0 aliphatic heterocycles. The standard InChI is InChI=1S/C15H22FN3O2/c1-10(11(2)17)14(20)18-8-3-9-19-15(21)12-4-6-13(16)7-5-12/h4-7,10-11H,3,8-9,17H2,1-2H3,(H,18,20)(H,19,21). The minimum absolute atomic E-state index is 0.0881. The van der Waals surface area contributed by atoms with Crippen molar-refractivity contribution in [2.24, 2.45) is 11.7 Å². The van der Waals surface area contributed by atoms with Crippen LogP contribution in [0, 0.1) is 11.7 Å². The largest absolute Gasteiger partial charge is 0.356 e. The zero-order chi connectivity index (χ0) is 15.8. The van der Waals surface area contributed by atoms with Gasteiger partial charge in [-0.05, 0) is 37.6 Å². The smallest absolute Gasteiger partial charge is 0.251 e. The fourth-order valence-corrected chi connectivity index (χ4v) is 1.60. The molecule has 0 heterocycles. The molecule has 2 unspecified atom stereocenters. The summed E-state index contributed by atoms with van der Waals surface area (Å²) in [4.78, 5) is 23.3. The summed E-state index contributed by atoms with van der Waals surface area (Å²) >= 11 is 0. The molecule has 0 spiro atoms. The highest BCUT2D eigenvalue weighted by Gasteiger charge is 2.15. The zero-order valence-electron chi connectivity index (χ0n) is 12.4. The Morgan fingerprint density at radius 3 is 2.29 bits per heavy atom. The van der Waals surface area contributed by atoms with Gasteiger partial charge in [0.1, 0.15) is 5.82 Å². The molecule has 0 aromatic heterocycles. The van der Waals surface area contributed by atoms with Gasteiger partial charge in [-0.1, -0.05) is 6.92 Å². The predicted octanol–water partition coefficient (Wildman–Crippen LogP) is 1.05. The van der Waals surface area contributed by atoms with Crippen LogP contribution < -0.4 is 16.4 Å². The van der Waals surface area contributed by atoms with Crippen LogP contribution in [0.15, 0.2) is 24.3 Å². The Balaban J connectivity index is 2.21. The van der Waals surface area contributed by atoms with E-state index in [4.69, 9.17) is 5.73 Å². The van der Waals surface area contributed by atoms with E-state index in [0.717, 1.165) is 0 Å². The van der Waals surface area contributed by atoms with Crippen LogP contribution >= 0.6 is 0 Å². The first kappa shape index (κ1) is 17.1. The lowest BCUT2D eigenvalue weighted by Crippen LogP contribution is -2.39. The highest BCUT2D eigenvalue weighted by molar-refractivity contribution is 5.94. The van der Waals surface area contributed by atoms with Crippen molar-refractivity contribution >= 4 is 11.8 Å². The molecule has 0 bridgehead atoms. The first-order chi connectivity index (χ1) is 9.91. The Morgan fingerprint density at radius 1 is 1.14 bits per heavy atom. The highest BCUT2D eigenvalue weighted by Crippen LogP contribution is 2.02. The molecular weight excluding hydrogens is 273 g/mol. The Morgan fingerprint density at radius 2 is 1.71 bits per heavy atom. The van der Waals surface area contributed by atoms with Gasteiger partial charge in [0.05, 0.1) is 0 Å². The Labute approximate surface area is 124 Å². The number of nitrogens with one attached hydrogen (secondary N) is 2. The van der Waals surface area contributed by atoms with Crippen LogP contribution in [0.5, 0.6) is 0 Å². The van der Waals surface area contributed by atoms with Crippen molar-refractivity contribution in [1.82, 2.24) is 10.6 Å². The average molecular weight is 295 g/mol. The SMILES string of the molecule is CC(N)C(C)C(=O)NCCCNC(=O)c1ccc(F)cc1. The number of hydrogen-bond donors (Lipinski definition) is 3. The van der Waals surface area contributed by atoms with Crippen LogP contribution in [0.25, 0.3) is 0 Å². The lowest BCUT2D eigenvalue weighted by molar-refractivity contribution is -0.124. The van der Waals surface area contributed by atoms with Gasteiger partial charge in [-0.15, -0.1) is 0 Å². The molecule has 0 saturated heterocycles. The summed E-state index contributed by atoms with van der Waals surface area (Å²) in [5.41, 5.74) is 6.05. The van der Waals surface area contributed by atoms with E-state index >= 15 is 0 Å². The normalized spacial score (nSPS) is 13.3. The summed E-state index contributed by atoms with van der Waals surface area (Å²) in [6.07, 6.45) is 0.615. The Bertz CT molecular complexity index is 474.